The molecule has 0 saturated heterocycles. The van der Waals surface area contributed by atoms with Gasteiger partial charge in [-0.25, -0.2) is 9.59 Å². The highest BCUT2D eigenvalue weighted by molar-refractivity contribution is 9.10. The number of carbonyl (C=O) groups is 1. The Hall–Kier alpha value is -2.80. The molecule has 3 aromatic rings. The number of amides is 2. The number of carbonyl (C=O) groups excluding carboxylic acids is 1. The molecule has 0 unspecified atom stereocenters. The zero-order valence-corrected chi connectivity index (χ0v) is 16.1. The number of anilines is 1. The average Bonchev–Trinajstić information content (AvgIpc) is 2.96. The third-order valence-corrected chi connectivity index (χ3v) is 4.83. The van der Waals surface area contributed by atoms with Crippen molar-refractivity contribution in [1.82, 2.24) is 14.5 Å². The van der Waals surface area contributed by atoms with E-state index >= 15 is 0 Å². The molecule has 6 nitrogen and oxygen atoms in total. The van der Waals surface area contributed by atoms with E-state index in [-0.39, 0.29) is 11.7 Å². The van der Waals surface area contributed by atoms with Crippen LogP contribution in [0.5, 0.6) is 0 Å². The number of nitrogens with one attached hydrogen (secondary N) is 2. The van der Waals surface area contributed by atoms with Crippen LogP contribution in [0.3, 0.4) is 0 Å². The Labute approximate surface area is 159 Å². The number of benzene rings is 2. The van der Waals surface area contributed by atoms with E-state index in [1.807, 2.05) is 43.3 Å². The van der Waals surface area contributed by atoms with E-state index in [0.29, 0.717) is 17.9 Å². The number of rotatable bonds is 4. The van der Waals surface area contributed by atoms with Crippen molar-refractivity contribution in [1.29, 1.82) is 0 Å². The van der Waals surface area contributed by atoms with Gasteiger partial charge in [-0.1, -0.05) is 46.3 Å². The van der Waals surface area contributed by atoms with Gasteiger partial charge in [0.15, 0.2) is 0 Å². The predicted molar refractivity (Wildman–Crippen MR) is 106 cm³/mol. The summed E-state index contributed by atoms with van der Waals surface area (Å²) in [5.41, 5.74) is 2.72. The number of para-hydroxylation sites is 2. The molecule has 0 bridgehead atoms. The second-order valence-electron chi connectivity index (χ2n) is 5.97. The molecule has 3 rings (SSSR count). The first-order valence-electron chi connectivity index (χ1n) is 8.09. The molecule has 0 aliphatic rings. The first-order chi connectivity index (χ1) is 12.5. The summed E-state index contributed by atoms with van der Waals surface area (Å²) in [6.45, 7) is 2.29. The molecule has 2 N–H and O–H groups in total. The molecule has 2 aromatic carbocycles. The largest absolute Gasteiger partial charge is 0.330 e. The van der Waals surface area contributed by atoms with E-state index in [1.54, 1.807) is 30.3 Å². The van der Waals surface area contributed by atoms with Gasteiger partial charge in [0.05, 0.1) is 11.4 Å². The Morgan fingerprint density at radius 3 is 2.58 bits per heavy atom. The van der Waals surface area contributed by atoms with Crippen LogP contribution in [-0.4, -0.2) is 27.5 Å². The number of nitrogens with zero attached hydrogens (tertiary/aromatic N) is 2. The van der Waals surface area contributed by atoms with Crippen molar-refractivity contribution < 1.29 is 4.79 Å². The van der Waals surface area contributed by atoms with Crippen molar-refractivity contribution in [2.45, 2.75) is 13.5 Å². The Morgan fingerprint density at radius 2 is 1.88 bits per heavy atom. The number of hydrogen-bond acceptors (Lipinski definition) is 2. The Kier molecular flexibility index (Phi) is 5.27. The van der Waals surface area contributed by atoms with Gasteiger partial charge < -0.3 is 15.2 Å². The summed E-state index contributed by atoms with van der Waals surface area (Å²) in [6, 6.07) is 14.7. The lowest BCUT2D eigenvalue weighted by molar-refractivity contribution is 0.220. The summed E-state index contributed by atoms with van der Waals surface area (Å²) >= 11 is 3.49. The number of hydrogen-bond donors (Lipinski definition) is 2. The topological polar surface area (TPSA) is 70.1 Å². The standard InChI is InChI=1S/C19H19BrN4O2/c1-13-11-21-18(25)24(13)17-10-6-5-9-16(17)22-19(26)23(2)12-14-7-3-4-8-15(14)20/h3-11H,12H2,1-2H3,(H,21,25)(H,22,26). The quantitative estimate of drug-likeness (QED) is 0.679. The van der Waals surface area contributed by atoms with Gasteiger partial charge in [-0.05, 0) is 30.7 Å². The SMILES string of the molecule is Cc1c[nH]c(=O)n1-c1ccccc1NC(=O)N(C)Cc1ccccc1Br. The summed E-state index contributed by atoms with van der Waals surface area (Å²) in [4.78, 5) is 28.9. The lowest BCUT2D eigenvalue weighted by Crippen LogP contribution is -2.31. The third kappa shape index (κ3) is 3.72. The maximum absolute atomic E-state index is 12.6. The second-order valence-corrected chi connectivity index (χ2v) is 6.82. The van der Waals surface area contributed by atoms with Crippen molar-refractivity contribution in [3.05, 3.63) is 80.9 Å². The summed E-state index contributed by atoms with van der Waals surface area (Å²) in [5.74, 6) is 0. The Morgan fingerprint density at radius 1 is 1.19 bits per heavy atom. The maximum atomic E-state index is 12.6. The van der Waals surface area contributed by atoms with Crippen LogP contribution in [0.15, 0.2) is 64.0 Å². The molecule has 7 heteroatoms. The van der Waals surface area contributed by atoms with Gasteiger partial charge in [0.25, 0.3) is 0 Å². The summed E-state index contributed by atoms with van der Waals surface area (Å²) in [7, 11) is 1.73. The van der Waals surface area contributed by atoms with E-state index in [9.17, 15) is 9.59 Å². The number of halogens is 1. The van der Waals surface area contributed by atoms with Crippen LogP contribution in [-0.2, 0) is 6.54 Å². The zero-order valence-electron chi connectivity index (χ0n) is 14.5. The number of imidazole rings is 1. The van der Waals surface area contributed by atoms with Crippen LogP contribution < -0.4 is 11.0 Å². The van der Waals surface area contributed by atoms with Gasteiger partial charge in [0, 0.05) is 30.0 Å². The number of aryl methyl sites for hydroxylation is 1. The average molecular weight is 415 g/mol. The molecule has 1 heterocycles. The van der Waals surface area contributed by atoms with Crippen LogP contribution in [0.2, 0.25) is 0 Å². The molecule has 2 amide bonds. The molecule has 26 heavy (non-hydrogen) atoms. The number of aromatic amines is 1. The van der Waals surface area contributed by atoms with Crippen molar-refractivity contribution >= 4 is 27.6 Å². The minimum atomic E-state index is -0.255. The van der Waals surface area contributed by atoms with Crippen molar-refractivity contribution in [3.63, 3.8) is 0 Å². The van der Waals surface area contributed by atoms with Gasteiger partial charge in [0.2, 0.25) is 0 Å². The monoisotopic (exact) mass is 414 g/mol. The van der Waals surface area contributed by atoms with Crippen LogP contribution in [0.4, 0.5) is 10.5 Å². The maximum Gasteiger partial charge on any atom is 0.330 e. The molecule has 0 aliphatic carbocycles. The first-order valence-corrected chi connectivity index (χ1v) is 8.88. The predicted octanol–water partition coefficient (Wildman–Crippen LogP) is 3.90. The van der Waals surface area contributed by atoms with Crippen molar-refractivity contribution in [2.75, 3.05) is 12.4 Å². The fourth-order valence-corrected chi connectivity index (χ4v) is 3.10. The molecule has 0 fully saturated rings. The van der Waals surface area contributed by atoms with Crippen molar-refractivity contribution in [2.24, 2.45) is 0 Å². The molecule has 0 atom stereocenters. The fourth-order valence-electron chi connectivity index (χ4n) is 2.69. The van der Waals surface area contributed by atoms with E-state index in [2.05, 4.69) is 26.2 Å². The fraction of sp³-hybridized carbons (Fsp3) is 0.158. The number of H-pyrrole nitrogens is 1. The highest BCUT2D eigenvalue weighted by Gasteiger charge is 2.15. The lowest BCUT2D eigenvalue weighted by Gasteiger charge is -2.20. The second kappa shape index (κ2) is 7.61. The normalized spacial score (nSPS) is 10.6. The smallest absolute Gasteiger partial charge is 0.323 e. The van der Waals surface area contributed by atoms with Gasteiger partial charge in [-0.3, -0.25) is 4.57 Å². The molecular weight excluding hydrogens is 396 g/mol. The van der Waals surface area contributed by atoms with Gasteiger partial charge in [0.1, 0.15) is 0 Å². The molecular formula is C19H19BrN4O2. The lowest BCUT2D eigenvalue weighted by atomic mass is 10.2. The van der Waals surface area contributed by atoms with E-state index < -0.39 is 0 Å². The van der Waals surface area contributed by atoms with Crippen LogP contribution in [0.1, 0.15) is 11.3 Å². The molecule has 0 aliphatic heterocycles. The summed E-state index contributed by atoms with van der Waals surface area (Å²) in [5, 5.41) is 2.89. The minimum absolute atomic E-state index is 0.245. The van der Waals surface area contributed by atoms with E-state index in [0.717, 1.165) is 15.7 Å². The van der Waals surface area contributed by atoms with Gasteiger partial charge in [-0.15, -0.1) is 0 Å². The van der Waals surface area contributed by atoms with E-state index in [1.165, 1.54) is 4.57 Å². The van der Waals surface area contributed by atoms with Gasteiger partial charge in [-0.2, -0.15) is 0 Å². The highest BCUT2D eigenvalue weighted by atomic mass is 79.9. The van der Waals surface area contributed by atoms with Gasteiger partial charge >= 0.3 is 11.7 Å². The molecule has 1 aromatic heterocycles. The first kappa shape index (κ1) is 18.0. The van der Waals surface area contributed by atoms with Crippen molar-refractivity contribution in [3.8, 4) is 5.69 Å². The molecule has 0 spiro atoms. The summed E-state index contributed by atoms with van der Waals surface area (Å²) < 4.78 is 2.48. The molecule has 0 saturated carbocycles. The van der Waals surface area contributed by atoms with Crippen LogP contribution in [0, 0.1) is 6.92 Å². The number of urea groups is 1. The molecule has 0 radical (unpaired) electrons. The van der Waals surface area contributed by atoms with E-state index in [4.69, 9.17) is 0 Å². The minimum Gasteiger partial charge on any atom is -0.323 e. The highest BCUT2D eigenvalue weighted by Crippen LogP contribution is 2.21. The van der Waals surface area contributed by atoms with Crippen LogP contribution in [0.25, 0.3) is 5.69 Å². The Bertz CT molecular complexity index is 993. The molecule has 134 valence electrons. The zero-order chi connectivity index (χ0) is 18.7. The Balaban J connectivity index is 1.82. The third-order valence-electron chi connectivity index (χ3n) is 4.06. The van der Waals surface area contributed by atoms with Crippen LogP contribution >= 0.6 is 15.9 Å². The number of aromatic nitrogens is 2. The summed E-state index contributed by atoms with van der Waals surface area (Å²) in [6.07, 6.45) is 1.64.